The van der Waals surface area contributed by atoms with Gasteiger partial charge in [0.05, 0.1) is 12.2 Å². The SMILES string of the molecule is CCOc1ccc(NC2CCOC3(CCOCC3)C2)cc1. The highest BCUT2D eigenvalue weighted by Crippen LogP contribution is 2.35. The highest BCUT2D eigenvalue weighted by Gasteiger charge is 2.38. The lowest BCUT2D eigenvalue weighted by molar-refractivity contribution is -0.135. The maximum atomic E-state index is 6.09. The number of benzene rings is 1. The first kappa shape index (κ1) is 14.7. The summed E-state index contributed by atoms with van der Waals surface area (Å²) >= 11 is 0. The fourth-order valence-corrected chi connectivity index (χ4v) is 3.29. The average molecular weight is 291 g/mol. The van der Waals surface area contributed by atoms with Gasteiger partial charge in [-0.3, -0.25) is 0 Å². The van der Waals surface area contributed by atoms with Crippen LogP contribution >= 0.6 is 0 Å². The molecule has 116 valence electrons. The van der Waals surface area contributed by atoms with Gasteiger partial charge in [0.2, 0.25) is 0 Å². The van der Waals surface area contributed by atoms with Gasteiger partial charge in [-0.1, -0.05) is 0 Å². The van der Waals surface area contributed by atoms with Gasteiger partial charge in [-0.15, -0.1) is 0 Å². The zero-order chi connectivity index (χ0) is 14.5. The zero-order valence-corrected chi connectivity index (χ0v) is 12.8. The summed E-state index contributed by atoms with van der Waals surface area (Å²) in [6.07, 6.45) is 4.18. The first-order valence-corrected chi connectivity index (χ1v) is 8.01. The Morgan fingerprint density at radius 3 is 2.67 bits per heavy atom. The lowest BCUT2D eigenvalue weighted by atomic mass is 9.84. The summed E-state index contributed by atoms with van der Waals surface area (Å²) in [7, 11) is 0. The fraction of sp³-hybridized carbons (Fsp3) is 0.647. The molecule has 3 rings (SSSR count). The van der Waals surface area contributed by atoms with E-state index in [0.717, 1.165) is 56.9 Å². The normalized spacial score (nSPS) is 24.7. The smallest absolute Gasteiger partial charge is 0.119 e. The molecule has 1 spiro atoms. The van der Waals surface area contributed by atoms with Crippen LogP contribution in [0.25, 0.3) is 0 Å². The lowest BCUT2D eigenvalue weighted by Crippen LogP contribution is -2.47. The molecule has 2 fully saturated rings. The van der Waals surface area contributed by atoms with Crippen LogP contribution in [-0.2, 0) is 9.47 Å². The first-order valence-electron chi connectivity index (χ1n) is 8.01. The molecule has 21 heavy (non-hydrogen) atoms. The summed E-state index contributed by atoms with van der Waals surface area (Å²) < 4.78 is 17.0. The van der Waals surface area contributed by atoms with E-state index in [1.165, 1.54) is 0 Å². The quantitative estimate of drug-likeness (QED) is 0.924. The van der Waals surface area contributed by atoms with E-state index in [-0.39, 0.29) is 5.60 Å². The van der Waals surface area contributed by atoms with Gasteiger partial charge in [0, 0.05) is 31.5 Å². The molecule has 2 aliphatic heterocycles. The molecule has 0 bridgehead atoms. The minimum absolute atomic E-state index is 0.0411. The Morgan fingerprint density at radius 1 is 1.19 bits per heavy atom. The van der Waals surface area contributed by atoms with Crippen molar-refractivity contribution in [2.45, 2.75) is 44.2 Å². The molecular formula is C17H25NO3. The van der Waals surface area contributed by atoms with Gasteiger partial charge in [0.25, 0.3) is 0 Å². The second kappa shape index (κ2) is 6.67. The number of hydrogen-bond donors (Lipinski definition) is 1. The average Bonchev–Trinajstić information content (AvgIpc) is 2.50. The van der Waals surface area contributed by atoms with Gasteiger partial charge < -0.3 is 19.5 Å². The predicted molar refractivity (Wildman–Crippen MR) is 83.0 cm³/mol. The van der Waals surface area contributed by atoms with Crippen LogP contribution in [-0.4, -0.2) is 38.1 Å². The van der Waals surface area contributed by atoms with Gasteiger partial charge in [-0.2, -0.15) is 0 Å². The van der Waals surface area contributed by atoms with Crippen LogP contribution in [0, 0.1) is 0 Å². The molecule has 0 aliphatic carbocycles. The van der Waals surface area contributed by atoms with E-state index in [2.05, 4.69) is 17.4 Å². The molecule has 1 unspecified atom stereocenters. The topological polar surface area (TPSA) is 39.7 Å². The van der Waals surface area contributed by atoms with E-state index >= 15 is 0 Å². The van der Waals surface area contributed by atoms with Crippen LogP contribution in [0.4, 0.5) is 5.69 Å². The molecule has 4 heteroatoms. The van der Waals surface area contributed by atoms with Gasteiger partial charge in [-0.05, 0) is 56.9 Å². The number of nitrogens with one attached hydrogen (secondary N) is 1. The minimum atomic E-state index is 0.0411. The third-order valence-electron chi connectivity index (χ3n) is 4.43. The highest BCUT2D eigenvalue weighted by atomic mass is 16.5. The highest BCUT2D eigenvalue weighted by molar-refractivity contribution is 5.47. The Morgan fingerprint density at radius 2 is 1.95 bits per heavy atom. The van der Waals surface area contributed by atoms with E-state index in [4.69, 9.17) is 14.2 Å². The minimum Gasteiger partial charge on any atom is -0.494 e. The third-order valence-corrected chi connectivity index (χ3v) is 4.43. The maximum Gasteiger partial charge on any atom is 0.119 e. The van der Waals surface area contributed by atoms with E-state index < -0.39 is 0 Å². The monoisotopic (exact) mass is 291 g/mol. The predicted octanol–water partition coefficient (Wildman–Crippen LogP) is 3.23. The van der Waals surface area contributed by atoms with Crippen LogP contribution in [0.2, 0.25) is 0 Å². The van der Waals surface area contributed by atoms with Crippen molar-refractivity contribution < 1.29 is 14.2 Å². The molecule has 4 nitrogen and oxygen atoms in total. The van der Waals surface area contributed by atoms with E-state index in [1.54, 1.807) is 0 Å². The molecule has 1 aromatic carbocycles. The Balaban J connectivity index is 1.59. The molecule has 1 atom stereocenters. The van der Waals surface area contributed by atoms with E-state index in [9.17, 15) is 0 Å². The molecule has 0 aromatic heterocycles. The van der Waals surface area contributed by atoms with Crippen LogP contribution < -0.4 is 10.1 Å². The number of anilines is 1. The molecule has 0 radical (unpaired) electrons. The van der Waals surface area contributed by atoms with Gasteiger partial charge >= 0.3 is 0 Å². The number of ether oxygens (including phenoxy) is 3. The van der Waals surface area contributed by atoms with Crippen LogP contribution in [0.15, 0.2) is 24.3 Å². The van der Waals surface area contributed by atoms with Crippen molar-refractivity contribution in [3.8, 4) is 5.75 Å². The van der Waals surface area contributed by atoms with Crippen LogP contribution in [0.3, 0.4) is 0 Å². The Labute approximate surface area is 126 Å². The van der Waals surface area contributed by atoms with Crippen molar-refractivity contribution in [3.63, 3.8) is 0 Å². The summed E-state index contributed by atoms with van der Waals surface area (Å²) in [5, 5.41) is 3.65. The summed E-state index contributed by atoms with van der Waals surface area (Å²) in [6.45, 7) is 5.21. The third kappa shape index (κ3) is 3.69. The summed E-state index contributed by atoms with van der Waals surface area (Å²) in [5.41, 5.74) is 1.20. The molecule has 1 aromatic rings. The van der Waals surface area contributed by atoms with E-state index in [1.807, 2.05) is 19.1 Å². The maximum absolute atomic E-state index is 6.09. The Kier molecular flexibility index (Phi) is 4.66. The standard InChI is InChI=1S/C17H25NO3/c1-2-20-16-5-3-14(4-6-16)18-15-7-10-21-17(13-15)8-11-19-12-9-17/h3-6,15,18H,2,7-13H2,1H3. The second-order valence-electron chi connectivity index (χ2n) is 5.94. The van der Waals surface area contributed by atoms with Gasteiger partial charge in [-0.25, -0.2) is 0 Å². The largest absolute Gasteiger partial charge is 0.494 e. The fourth-order valence-electron chi connectivity index (χ4n) is 3.29. The molecule has 0 amide bonds. The summed E-state index contributed by atoms with van der Waals surface area (Å²) in [6, 6.07) is 8.72. The van der Waals surface area contributed by atoms with Crippen molar-refractivity contribution in [1.29, 1.82) is 0 Å². The Bertz CT molecular complexity index is 434. The lowest BCUT2D eigenvalue weighted by Gasteiger charge is -2.43. The Hall–Kier alpha value is -1.26. The van der Waals surface area contributed by atoms with Crippen molar-refractivity contribution in [2.24, 2.45) is 0 Å². The number of hydrogen-bond acceptors (Lipinski definition) is 4. The van der Waals surface area contributed by atoms with Crippen molar-refractivity contribution in [2.75, 3.05) is 31.7 Å². The molecule has 2 heterocycles. The molecule has 1 N–H and O–H groups in total. The molecule has 2 saturated heterocycles. The molecule has 0 saturated carbocycles. The van der Waals surface area contributed by atoms with Crippen LogP contribution in [0.1, 0.15) is 32.6 Å². The van der Waals surface area contributed by atoms with Gasteiger partial charge in [0.15, 0.2) is 0 Å². The molecule has 2 aliphatic rings. The summed E-state index contributed by atoms with van der Waals surface area (Å²) in [4.78, 5) is 0. The zero-order valence-electron chi connectivity index (χ0n) is 12.8. The van der Waals surface area contributed by atoms with Crippen molar-refractivity contribution in [1.82, 2.24) is 0 Å². The van der Waals surface area contributed by atoms with Crippen molar-refractivity contribution >= 4 is 5.69 Å². The van der Waals surface area contributed by atoms with Gasteiger partial charge in [0.1, 0.15) is 5.75 Å². The molecular weight excluding hydrogens is 266 g/mol. The second-order valence-corrected chi connectivity index (χ2v) is 5.94. The first-order chi connectivity index (χ1) is 10.3. The van der Waals surface area contributed by atoms with E-state index in [0.29, 0.717) is 12.6 Å². The van der Waals surface area contributed by atoms with Crippen LogP contribution in [0.5, 0.6) is 5.75 Å². The summed E-state index contributed by atoms with van der Waals surface area (Å²) in [5.74, 6) is 0.927. The number of rotatable bonds is 4. The van der Waals surface area contributed by atoms with Crippen molar-refractivity contribution in [3.05, 3.63) is 24.3 Å².